The van der Waals surface area contributed by atoms with Gasteiger partial charge < -0.3 is 9.47 Å². The number of halogens is 2. The molecule has 0 aromatic heterocycles. The van der Waals surface area contributed by atoms with Crippen LogP contribution in [0.15, 0.2) is 11.5 Å². The number of allylic oxidation sites excluding steroid dienone is 2. The molecule has 0 saturated carbocycles. The van der Waals surface area contributed by atoms with Gasteiger partial charge in [0.25, 0.3) is 0 Å². The fourth-order valence-corrected chi connectivity index (χ4v) is 1.18. The molecule has 2 nitrogen and oxygen atoms in total. The van der Waals surface area contributed by atoms with Gasteiger partial charge in [-0.15, -0.1) is 8.78 Å². The molecule has 0 unspecified atom stereocenters. The third kappa shape index (κ3) is 2.11. The van der Waals surface area contributed by atoms with Gasteiger partial charge in [-0.05, 0) is 0 Å². The zero-order chi connectivity index (χ0) is 10.2. The molecule has 76 valence electrons. The second-order valence-electron chi connectivity index (χ2n) is 3.71. The van der Waals surface area contributed by atoms with Crippen LogP contribution in [0, 0.1) is 11.8 Å². The first kappa shape index (κ1) is 10.3. The molecule has 0 saturated heterocycles. The van der Waals surface area contributed by atoms with Crippen molar-refractivity contribution < 1.29 is 18.3 Å². The smallest absolute Gasteiger partial charge is 0.400 e. The van der Waals surface area contributed by atoms with Crippen molar-refractivity contribution in [3.8, 4) is 0 Å². The molecule has 0 atom stereocenters. The summed E-state index contributed by atoms with van der Waals surface area (Å²) in [6, 6.07) is 0. The highest BCUT2D eigenvalue weighted by Crippen LogP contribution is 2.39. The van der Waals surface area contributed by atoms with Crippen molar-refractivity contribution in [3.63, 3.8) is 0 Å². The van der Waals surface area contributed by atoms with E-state index < -0.39 is 6.29 Å². The highest BCUT2D eigenvalue weighted by Gasteiger charge is 2.46. The monoisotopic (exact) mass is 192 g/mol. The summed E-state index contributed by atoms with van der Waals surface area (Å²) in [5.41, 5.74) is 0. The molecule has 13 heavy (non-hydrogen) atoms. The first-order valence-corrected chi connectivity index (χ1v) is 4.33. The Bertz CT molecular complexity index is 210. The average molecular weight is 192 g/mol. The SMILES string of the molecule is CC(C)C1=C(C(C)C)OC(F)(F)O1. The minimum absolute atomic E-state index is 0.0780. The van der Waals surface area contributed by atoms with Crippen LogP contribution in [0.2, 0.25) is 0 Å². The standard InChI is InChI=1S/C9H14F2O2/c1-5(2)7-8(6(3)4)13-9(10,11)12-7/h5-6H,1-4H3. The second-order valence-corrected chi connectivity index (χ2v) is 3.71. The number of rotatable bonds is 2. The van der Waals surface area contributed by atoms with Crippen LogP contribution >= 0.6 is 0 Å². The van der Waals surface area contributed by atoms with Crippen LogP contribution in [0.25, 0.3) is 0 Å². The van der Waals surface area contributed by atoms with Crippen molar-refractivity contribution in [2.45, 2.75) is 34.0 Å². The largest absolute Gasteiger partial charge is 0.585 e. The van der Waals surface area contributed by atoms with E-state index in [0.717, 1.165) is 0 Å². The van der Waals surface area contributed by atoms with Crippen molar-refractivity contribution in [2.24, 2.45) is 11.8 Å². The Hall–Kier alpha value is -0.800. The van der Waals surface area contributed by atoms with E-state index in [1.807, 2.05) is 0 Å². The van der Waals surface area contributed by atoms with Gasteiger partial charge in [-0.1, -0.05) is 27.7 Å². The van der Waals surface area contributed by atoms with Crippen molar-refractivity contribution in [3.05, 3.63) is 11.5 Å². The normalized spacial score (nSPS) is 20.9. The highest BCUT2D eigenvalue weighted by molar-refractivity contribution is 5.10. The van der Waals surface area contributed by atoms with Crippen molar-refractivity contribution in [2.75, 3.05) is 0 Å². The summed E-state index contributed by atoms with van der Waals surface area (Å²) in [5, 5.41) is 0. The number of hydrogen-bond acceptors (Lipinski definition) is 2. The van der Waals surface area contributed by atoms with Gasteiger partial charge in [0, 0.05) is 11.8 Å². The summed E-state index contributed by atoms with van der Waals surface area (Å²) in [6.07, 6.45) is -3.47. The average Bonchev–Trinajstić information content (AvgIpc) is 2.26. The molecule has 1 aliphatic heterocycles. The molecule has 0 aliphatic carbocycles. The Balaban J connectivity index is 2.90. The van der Waals surface area contributed by atoms with Gasteiger partial charge in [-0.3, -0.25) is 0 Å². The summed E-state index contributed by atoms with van der Waals surface area (Å²) in [6.45, 7) is 7.18. The third-order valence-corrected chi connectivity index (χ3v) is 1.75. The second kappa shape index (κ2) is 3.16. The predicted octanol–water partition coefficient (Wildman–Crippen LogP) is 3.11. The lowest BCUT2D eigenvalue weighted by Crippen LogP contribution is -2.17. The molecule has 0 aromatic rings. The summed E-state index contributed by atoms with van der Waals surface area (Å²) in [7, 11) is 0. The fraction of sp³-hybridized carbons (Fsp3) is 0.778. The molecular formula is C9H14F2O2. The maximum Gasteiger partial charge on any atom is 0.585 e. The van der Waals surface area contributed by atoms with Gasteiger partial charge in [0.1, 0.15) is 11.5 Å². The lowest BCUT2D eigenvalue weighted by Gasteiger charge is -2.09. The van der Waals surface area contributed by atoms with E-state index in [4.69, 9.17) is 0 Å². The van der Waals surface area contributed by atoms with Crippen LogP contribution in [0.4, 0.5) is 8.78 Å². The lowest BCUT2D eigenvalue weighted by atomic mass is 10.1. The predicted molar refractivity (Wildman–Crippen MR) is 43.8 cm³/mol. The maximum atomic E-state index is 12.7. The van der Waals surface area contributed by atoms with E-state index in [9.17, 15) is 8.78 Å². The summed E-state index contributed by atoms with van der Waals surface area (Å²) < 4.78 is 34.2. The summed E-state index contributed by atoms with van der Waals surface area (Å²) >= 11 is 0. The Kier molecular flexibility index (Phi) is 2.50. The third-order valence-electron chi connectivity index (χ3n) is 1.75. The Morgan fingerprint density at radius 3 is 1.46 bits per heavy atom. The quantitative estimate of drug-likeness (QED) is 0.669. The van der Waals surface area contributed by atoms with Gasteiger partial charge >= 0.3 is 6.29 Å². The molecule has 0 N–H and O–H groups in total. The van der Waals surface area contributed by atoms with Crippen molar-refractivity contribution in [1.82, 2.24) is 0 Å². The van der Waals surface area contributed by atoms with E-state index in [0.29, 0.717) is 0 Å². The van der Waals surface area contributed by atoms with E-state index >= 15 is 0 Å². The Morgan fingerprint density at radius 1 is 0.923 bits per heavy atom. The zero-order valence-electron chi connectivity index (χ0n) is 8.23. The Labute approximate surface area is 76.5 Å². The molecule has 1 heterocycles. The van der Waals surface area contributed by atoms with Crippen LogP contribution in [0.3, 0.4) is 0 Å². The minimum Gasteiger partial charge on any atom is -0.400 e. The van der Waals surface area contributed by atoms with Gasteiger partial charge in [0.15, 0.2) is 0 Å². The van der Waals surface area contributed by atoms with Crippen LogP contribution in [0.5, 0.6) is 0 Å². The zero-order valence-corrected chi connectivity index (χ0v) is 8.23. The van der Waals surface area contributed by atoms with E-state index in [2.05, 4.69) is 9.47 Å². The van der Waals surface area contributed by atoms with Crippen LogP contribution in [-0.4, -0.2) is 6.29 Å². The molecule has 0 radical (unpaired) electrons. The van der Waals surface area contributed by atoms with Crippen molar-refractivity contribution in [1.29, 1.82) is 0 Å². The molecule has 0 aromatic carbocycles. The van der Waals surface area contributed by atoms with Crippen LogP contribution in [0.1, 0.15) is 27.7 Å². The summed E-state index contributed by atoms with van der Waals surface area (Å²) in [4.78, 5) is 0. The minimum atomic E-state index is -3.47. The van der Waals surface area contributed by atoms with E-state index in [1.165, 1.54) is 0 Å². The molecule has 0 bridgehead atoms. The highest BCUT2D eigenvalue weighted by atomic mass is 19.3. The van der Waals surface area contributed by atoms with E-state index in [1.54, 1.807) is 27.7 Å². The first-order chi connectivity index (χ1) is 5.83. The number of alkyl halides is 2. The van der Waals surface area contributed by atoms with Gasteiger partial charge in [-0.2, -0.15) is 0 Å². The molecule has 0 amide bonds. The van der Waals surface area contributed by atoms with Crippen LogP contribution < -0.4 is 0 Å². The summed E-state index contributed by atoms with van der Waals surface area (Å²) in [5.74, 6) is 0.372. The number of hydrogen-bond donors (Lipinski definition) is 0. The number of ether oxygens (including phenoxy) is 2. The Morgan fingerprint density at radius 2 is 1.23 bits per heavy atom. The molecule has 1 aliphatic rings. The van der Waals surface area contributed by atoms with Gasteiger partial charge in [0.2, 0.25) is 0 Å². The molecule has 1 rings (SSSR count). The van der Waals surface area contributed by atoms with Crippen molar-refractivity contribution >= 4 is 0 Å². The molecule has 0 spiro atoms. The molecule has 4 heteroatoms. The first-order valence-electron chi connectivity index (χ1n) is 4.33. The molecule has 0 fully saturated rings. The fourth-order valence-electron chi connectivity index (χ4n) is 1.18. The topological polar surface area (TPSA) is 18.5 Å². The van der Waals surface area contributed by atoms with Gasteiger partial charge in [-0.25, -0.2) is 0 Å². The lowest BCUT2D eigenvalue weighted by molar-refractivity contribution is -0.340. The van der Waals surface area contributed by atoms with Crippen LogP contribution in [-0.2, 0) is 9.47 Å². The molecular weight excluding hydrogens is 178 g/mol. The van der Waals surface area contributed by atoms with Gasteiger partial charge in [0.05, 0.1) is 0 Å². The van der Waals surface area contributed by atoms with E-state index in [-0.39, 0.29) is 23.4 Å². The maximum absolute atomic E-state index is 12.7.